The minimum atomic E-state index is -4.80. The van der Waals surface area contributed by atoms with Gasteiger partial charge < -0.3 is 15.2 Å². The fourth-order valence-corrected chi connectivity index (χ4v) is 0.763. The number of hydrogen-bond donors (Lipinski definition) is 4. The molecule has 0 fully saturated rings. The van der Waals surface area contributed by atoms with Crippen molar-refractivity contribution in [2.24, 2.45) is 5.73 Å². The van der Waals surface area contributed by atoms with E-state index in [1.54, 1.807) is 0 Å². The number of carbonyl (C=O) groups excluding carboxylic acids is 1. The fourth-order valence-electron chi connectivity index (χ4n) is 0.440. The molecule has 0 bridgehead atoms. The Kier molecular flexibility index (Phi) is 19.8. The van der Waals surface area contributed by atoms with Crippen LogP contribution in [0.2, 0.25) is 0 Å². The van der Waals surface area contributed by atoms with Gasteiger partial charge in [-0.2, -0.15) is 0 Å². The van der Waals surface area contributed by atoms with Crippen LogP contribution in [0.4, 0.5) is 0 Å². The summed E-state index contributed by atoms with van der Waals surface area (Å²) in [6, 6.07) is 0. The summed E-state index contributed by atoms with van der Waals surface area (Å²) < 4.78 is 13.8. The second kappa shape index (κ2) is 12.0. The maximum atomic E-state index is 10.7. The molecule has 8 nitrogen and oxygen atoms in total. The first kappa shape index (κ1) is 26.5. The van der Waals surface area contributed by atoms with Crippen molar-refractivity contribution < 1.29 is 23.7 Å². The van der Waals surface area contributed by atoms with Crippen molar-refractivity contribution in [1.29, 1.82) is 5.41 Å². The predicted molar refractivity (Wildman–Crippen MR) is 64.1 cm³/mol. The molecule has 0 atom stereocenters. The fraction of sp³-hybridized carbons (Fsp3) is 0.500. The minimum absolute atomic E-state index is 0. The molecule has 0 amide bonds. The number of hydrogen-bond acceptors (Lipinski definition) is 4. The molecule has 0 aromatic heterocycles. The van der Waals surface area contributed by atoms with Crippen molar-refractivity contribution in [2.75, 3.05) is 13.6 Å². The number of carbonyl (C=O) groups is 1. The molecule has 0 aromatic rings. The van der Waals surface area contributed by atoms with E-state index in [4.69, 9.17) is 20.9 Å². The topological polar surface area (TPSA) is 137 Å². The molecular formula is C4H13N3Na3O5P. The molecule has 16 heavy (non-hydrogen) atoms. The quantitative estimate of drug-likeness (QED) is 0.182. The normalized spacial score (nSPS) is 8.69. The van der Waals surface area contributed by atoms with Crippen molar-refractivity contribution in [3.8, 4) is 0 Å². The van der Waals surface area contributed by atoms with E-state index in [-0.39, 0.29) is 88.7 Å². The molecule has 0 aliphatic rings. The first-order valence-corrected chi connectivity index (χ1v) is 4.58. The molecule has 0 unspecified atom stereocenters. The van der Waals surface area contributed by atoms with Gasteiger partial charge >= 0.3 is 102 Å². The zero-order chi connectivity index (χ0) is 10.6. The van der Waals surface area contributed by atoms with Gasteiger partial charge in [0, 0.05) is 7.05 Å². The number of guanidine groups is 1. The Morgan fingerprint density at radius 3 is 2.06 bits per heavy atom. The Hall–Kier alpha value is 1.89. The van der Waals surface area contributed by atoms with Crippen LogP contribution in [0.3, 0.4) is 0 Å². The van der Waals surface area contributed by atoms with Crippen molar-refractivity contribution in [1.82, 2.24) is 4.90 Å². The Morgan fingerprint density at radius 1 is 1.44 bits per heavy atom. The molecule has 0 aliphatic heterocycles. The number of phosphoric ester groups is 1. The molecule has 82 valence electrons. The number of nitrogens with one attached hydrogen (secondary N) is 1. The van der Waals surface area contributed by atoms with Crippen molar-refractivity contribution in [3.63, 3.8) is 0 Å². The van der Waals surface area contributed by atoms with Gasteiger partial charge in [0.25, 0.3) is 0 Å². The van der Waals surface area contributed by atoms with Crippen LogP contribution in [0.15, 0.2) is 0 Å². The van der Waals surface area contributed by atoms with E-state index in [1.165, 1.54) is 7.05 Å². The number of rotatable bonds is 3. The average Bonchev–Trinajstić information content (AvgIpc) is 1.81. The zero-order valence-corrected chi connectivity index (χ0v) is 7.69. The van der Waals surface area contributed by atoms with Crippen LogP contribution in [-0.2, 0) is 13.9 Å². The van der Waals surface area contributed by atoms with Gasteiger partial charge in [-0.05, 0) is 0 Å². The SMILES string of the molecule is CN(CC(=O)OP(=O)(O)O)C(=N)N.[NaH].[NaH].[NaH]. The summed E-state index contributed by atoms with van der Waals surface area (Å²) in [7, 11) is -3.49. The first-order chi connectivity index (χ1) is 5.72. The van der Waals surface area contributed by atoms with Crippen LogP contribution in [0, 0.1) is 5.41 Å². The molecule has 0 rings (SSSR count). The van der Waals surface area contributed by atoms with Crippen molar-refractivity contribution in [2.45, 2.75) is 0 Å². The Bertz CT molecular complexity index is 272. The molecule has 0 saturated heterocycles. The second-order valence-electron chi connectivity index (χ2n) is 2.20. The summed E-state index contributed by atoms with van der Waals surface area (Å²) in [4.78, 5) is 28.0. The van der Waals surface area contributed by atoms with Crippen LogP contribution >= 0.6 is 7.82 Å². The van der Waals surface area contributed by atoms with E-state index in [0.29, 0.717) is 0 Å². The number of nitrogens with two attached hydrogens (primary N) is 1. The van der Waals surface area contributed by atoms with Crippen LogP contribution in [0.25, 0.3) is 0 Å². The summed E-state index contributed by atoms with van der Waals surface area (Å²) in [5.41, 5.74) is 4.96. The van der Waals surface area contributed by atoms with Gasteiger partial charge in [-0.25, -0.2) is 9.36 Å². The number of phosphoric acid groups is 1. The first-order valence-electron chi connectivity index (χ1n) is 3.05. The van der Waals surface area contributed by atoms with E-state index in [9.17, 15) is 9.36 Å². The predicted octanol–water partition coefficient (Wildman–Crippen LogP) is -3.50. The molecular weight excluding hydrogens is 270 g/mol. The van der Waals surface area contributed by atoms with Crippen LogP contribution in [-0.4, -0.2) is 129 Å². The van der Waals surface area contributed by atoms with Gasteiger partial charge in [0.05, 0.1) is 0 Å². The van der Waals surface area contributed by atoms with Gasteiger partial charge in [-0.1, -0.05) is 0 Å². The van der Waals surface area contributed by atoms with Gasteiger partial charge in [0.2, 0.25) is 0 Å². The summed E-state index contributed by atoms with van der Waals surface area (Å²) in [5.74, 6) is -1.55. The van der Waals surface area contributed by atoms with E-state index in [0.717, 1.165) is 4.90 Å². The van der Waals surface area contributed by atoms with E-state index < -0.39 is 26.3 Å². The monoisotopic (exact) mass is 283 g/mol. The molecule has 12 heteroatoms. The summed E-state index contributed by atoms with van der Waals surface area (Å²) in [6.07, 6.45) is 0. The Balaban J connectivity index is -0.000000240. The van der Waals surface area contributed by atoms with Gasteiger partial charge in [-0.3, -0.25) is 15.2 Å². The van der Waals surface area contributed by atoms with Crippen molar-refractivity contribution in [3.05, 3.63) is 0 Å². The van der Waals surface area contributed by atoms with Crippen molar-refractivity contribution >= 4 is 108 Å². The third-order valence-corrected chi connectivity index (χ3v) is 1.44. The Labute approximate surface area is 159 Å². The molecule has 0 spiro atoms. The zero-order valence-electron chi connectivity index (χ0n) is 6.80. The van der Waals surface area contributed by atoms with Crippen LogP contribution < -0.4 is 5.73 Å². The Morgan fingerprint density at radius 2 is 1.81 bits per heavy atom. The molecule has 0 heterocycles. The van der Waals surface area contributed by atoms with Gasteiger partial charge in [0.15, 0.2) is 5.96 Å². The maximum absolute atomic E-state index is 10.7. The third-order valence-electron chi connectivity index (χ3n) is 0.998. The molecule has 5 N–H and O–H groups in total. The van der Waals surface area contributed by atoms with Crippen LogP contribution in [0.1, 0.15) is 0 Å². The molecule has 0 saturated carbocycles. The summed E-state index contributed by atoms with van der Waals surface area (Å²) in [6.45, 7) is -0.486. The summed E-state index contributed by atoms with van der Waals surface area (Å²) >= 11 is 0. The molecule has 0 aromatic carbocycles. The third kappa shape index (κ3) is 15.9. The van der Waals surface area contributed by atoms with E-state index in [1.807, 2.05) is 0 Å². The average molecular weight is 283 g/mol. The number of nitrogens with zero attached hydrogens (tertiary/aromatic N) is 1. The van der Waals surface area contributed by atoms with Crippen LogP contribution in [0.5, 0.6) is 0 Å². The summed E-state index contributed by atoms with van der Waals surface area (Å²) in [5, 5.41) is 6.83. The molecule has 0 radical (unpaired) electrons. The second-order valence-corrected chi connectivity index (χ2v) is 3.36. The van der Waals surface area contributed by atoms with Gasteiger partial charge in [0.1, 0.15) is 6.54 Å². The standard InChI is InChI=1S/C4H10N3O5P.3Na.3H/c1-7(4(5)6)2-3(8)12-13(9,10)11;;;;;;/h2H2,1H3,(H3,5,6)(H2,9,10,11);;;;;;. The van der Waals surface area contributed by atoms with E-state index in [2.05, 4.69) is 4.52 Å². The molecule has 0 aliphatic carbocycles. The van der Waals surface area contributed by atoms with Gasteiger partial charge in [-0.15, -0.1) is 0 Å². The number of likely N-dealkylation sites (N-methyl/N-ethyl adjacent to an activating group) is 1. The van der Waals surface area contributed by atoms with E-state index >= 15 is 0 Å².